The molecule has 0 aromatic heterocycles. The minimum Gasteiger partial charge on any atom is -0.444 e. The van der Waals surface area contributed by atoms with Crippen molar-refractivity contribution in [3.05, 3.63) is 140 Å². The zero-order chi connectivity index (χ0) is 49.9. The van der Waals surface area contributed by atoms with Crippen LogP contribution in [-0.4, -0.2) is 130 Å². The second kappa shape index (κ2) is 27.4. The monoisotopic (exact) mass is 981 g/mol. The third-order valence-electron chi connectivity index (χ3n) is 15.7. The molecule has 12 nitrogen and oxygen atoms in total. The van der Waals surface area contributed by atoms with Gasteiger partial charge in [0, 0.05) is 56.3 Å². The van der Waals surface area contributed by atoms with Crippen molar-refractivity contribution in [2.45, 2.75) is 102 Å². The van der Waals surface area contributed by atoms with Crippen molar-refractivity contribution < 1.29 is 28.6 Å². The second-order valence-electron chi connectivity index (χ2n) is 20.5. The number of allylic oxidation sites excluding steroid dienone is 1. The van der Waals surface area contributed by atoms with Gasteiger partial charge < -0.3 is 14.2 Å². The third-order valence-corrected chi connectivity index (χ3v) is 15.7. The number of benzene rings is 4. The number of hydrogen-bond acceptors (Lipinski definition) is 9. The van der Waals surface area contributed by atoms with Crippen LogP contribution < -0.4 is 14.7 Å². The van der Waals surface area contributed by atoms with E-state index in [0.717, 1.165) is 147 Å². The lowest BCUT2D eigenvalue weighted by Gasteiger charge is -2.44. The smallest absolute Gasteiger partial charge is 0.414 e. The van der Waals surface area contributed by atoms with Gasteiger partial charge in [-0.1, -0.05) is 111 Å². The Bertz CT molecular complexity index is 2230. The lowest BCUT2D eigenvalue weighted by Crippen LogP contribution is -2.53. The molecule has 9 aliphatic heterocycles. The summed E-state index contributed by atoms with van der Waals surface area (Å²) in [6, 6.07) is 39.8. The Kier molecular flexibility index (Phi) is 20.0. The predicted molar refractivity (Wildman–Crippen MR) is 289 cm³/mol. The van der Waals surface area contributed by atoms with E-state index in [1.165, 1.54) is 18.4 Å². The summed E-state index contributed by atoms with van der Waals surface area (Å²) in [5.41, 5.74) is 3.97. The van der Waals surface area contributed by atoms with Gasteiger partial charge in [-0.15, -0.1) is 6.58 Å². The zero-order valence-electron chi connectivity index (χ0n) is 42.9. The normalized spacial score (nSPS) is 25.3. The Balaban J connectivity index is 0.000000145. The highest BCUT2D eigenvalue weighted by Crippen LogP contribution is 2.33. The van der Waals surface area contributed by atoms with Crippen LogP contribution >= 0.6 is 0 Å². The molecule has 3 atom stereocenters. The van der Waals surface area contributed by atoms with Crippen molar-refractivity contribution >= 4 is 35.3 Å². The van der Waals surface area contributed by atoms with Gasteiger partial charge in [0.1, 0.15) is 18.3 Å². The van der Waals surface area contributed by atoms with Gasteiger partial charge in [-0.3, -0.25) is 29.4 Å². The molecular weight excluding hydrogens is 901 g/mol. The van der Waals surface area contributed by atoms with Crippen LogP contribution in [-0.2, 0) is 20.6 Å². The van der Waals surface area contributed by atoms with E-state index >= 15 is 0 Å². The summed E-state index contributed by atoms with van der Waals surface area (Å²) in [7, 11) is 0. The van der Waals surface area contributed by atoms with E-state index in [2.05, 4.69) is 40.3 Å². The maximum atomic E-state index is 13.0. The Hall–Kier alpha value is -5.69. The van der Waals surface area contributed by atoms with Crippen molar-refractivity contribution in [3.63, 3.8) is 0 Å². The van der Waals surface area contributed by atoms with Crippen LogP contribution in [0.5, 0.6) is 0 Å². The number of piperidine rings is 9. The highest BCUT2D eigenvalue weighted by molar-refractivity contribution is 5.89. The molecule has 386 valence electrons. The number of anilines is 3. The molecule has 12 heteroatoms. The number of carbonyl (C=O) groups is 3. The molecule has 9 saturated heterocycles. The first-order valence-electron chi connectivity index (χ1n) is 27.3. The van der Waals surface area contributed by atoms with Crippen molar-refractivity contribution in [1.29, 1.82) is 0 Å². The van der Waals surface area contributed by atoms with Crippen molar-refractivity contribution in [2.24, 2.45) is 17.8 Å². The Morgan fingerprint density at radius 3 is 1.14 bits per heavy atom. The molecule has 0 N–H and O–H groups in total. The van der Waals surface area contributed by atoms with Crippen LogP contribution in [0.25, 0.3) is 0 Å². The molecule has 0 radical (unpaired) electrons. The highest BCUT2D eigenvalue weighted by atomic mass is 16.6. The summed E-state index contributed by atoms with van der Waals surface area (Å²) >= 11 is 0. The fourth-order valence-corrected chi connectivity index (χ4v) is 11.3. The van der Waals surface area contributed by atoms with Gasteiger partial charge in [-0.05, 0) is 163 Å². The SMILES string of the molecule is C=CCCCN(C(=O)O[C@H]1CN2CCC1CC2)c1ccccc1.CCCCCN(C(=O)O[C@H]1CN2CCC1CC2)c1ccccc1.O=C(O[C@H]1CN2CCC1CC2)N(CCc1ccccc1)c1ccccc1. The van der Waals surface area contributed by atoms with Crippen molar-refractivity contribution in [2.75, 3.05) is 93.2 Å². The number of ether oxygens (including phenoxy) is 3. The van der Waals surface area contributed by atoms with Gasteiger partial charge in [-0.2, -0.15) is 0 Å². The van der Waals surface area contributed by atoms with E-state index in [4.69, 9.17) is 14.2 Å². The van der Waals surface area contributed by atoms with Crippen molar-refractivity contribution in [1.82, 2.24) is 14.7 Å². The van der Waals surface area contributed by atoms with Crippen LogP contribution in [0, 0.1) is 17.8 Å². The van der Waals surface area contributed by atoms with E-state index in [9.17, 15) is 14.4 Å². The maximum Gasteiger partial charge on any atom is 0.414 e. The van der Waals surface area contributed by atoms with Crippen molar-refractivity contribution in [3.8, 4) is 0 Å². The second-order valence-corrected chi connectivity index (χ2v) is 20.5. The van der Waals surface area contributed by atoms with E-state index in [1.807, 2.05) is 120 Å². The summed E-state index contributed by atoms with van der Waals surface area (Å²) in [6.45, 7) is 17.6. The summed E-state index contributed by atoms with van der Waals surface area (Å²) in [4.78, 5) is 51.1. The first kappa shape index (κ1) is 52.6. The van der Waals surface area contributed by atoms with E-state index in [0.29, 0.717) is 30.8 Å². The maximum absolute atomic E-state index is 13.0. The van der Waals surface area contributed by atoms with Crippen LogP contribution in [0.2, 0.25) is 0 Å². The molecule has 3 amide bonds. The fourth-order valence-electron chi connectivity index (χ4n) is 11.3. The summed E-state index contributed by atoms with van der Waals surface area (Å²) in [6.07, 6.45) is 14.3. The molecule has 4 aromatic rings. The van der Waals surface area contributed by atoms with Crippen LogP contribution in [0.3, 0.4) is 0 Å². The van der Waals surface area contributed by atoms with Crippen LogP contribution in [0.15, 0.2) is 134 Å². The van der Waals surface area contributed by atoms with E-state index < -0.39 is 0 Å². The summed E-state index contributed by atoms with van der Waals surface area (Å²) < 4.78 is 17.8. The van der Waals surface area contributed by atoms with Gasteiger partial charge in [0.05, 0.1) is 0 Å². The fraction of sp³-hybridized carbons (Fsp3) is 0.517. The minimum atomic E-state index is -0.217. The van der Waals surface area contributed by atoms with E-state index in [-0.39, 0.29) is 36.6 Å². The van der Waals surface area contributed by atoms with Gasteiger partial charge >= 0.3 is 18.3 Å². The minimum absolute atomic E-state index is 0.0351. The predicted octanol–water partition coefficient (Wildman–Crippen LogP) is 11.6. The molecule has 9 aliphatic rings. The number of rotatable bonds is 17. The topological polar surface area (TPSA) is 98.3 Å². The molecule has 0 aliphatic carbocycles. The molecule has 9 fully saturated rings. The Morgan fingerprint density at radius 1 is 0.486 bits per heavy atom. The zero-order valence-corrected chi connectivity index (χ0v) is 42.9. The van der Waals surface area contributed by atoms with Gasteiger partial charge in [0.25, 0.3) is 0 Å². The first-order chi connectivity index (χ1) is 35.3. The quantitative estimate of drug-likeness (QED) is 0.0582. The lowest BCUT2D eigenvalue weighted by molar-refractivity contribution is -0.0312. The highest BCUT2D eigenvalue weighted by Gasteiger charge is 2.40. The number of hydrogen-bond donors (Lipinski definition) is 0. The number of carbonyl (C=O) groups excluding carboxylic acids is 3. The molecule has 0 spiro atoms. The standard InChI is InChI=1S/C22H26N2O2.C19H28N2O2.C19H26N2O2/c25-22(26-21-17-23-14-12-19(21)13-15-23)24(20-9-5-2-6-10-20)16-11-18-7-3-1-4-8-18;2*1-2-3-7-12-21(17-8-5-4-6-9-17)19(22)23-18-15-20-13-10-16(18)11-14-20/h1-10,19,21H,11-17H2;4-6,8-9,16,18H,2-3,7,10-15H2,1H3;2,4-6,8-9,16,18H,1,3,7,10-15H2/t21-;2*18-/m000/s1. The number of para-hydroxylation sites is 3. The number of fused-ring (bicyclic) bond motifs is 9. The molecule has 13 rings (SSSR count). The molecule has 0 unspecified atom stereocenters. The summed E-state index contributed by atoms with van der Waals surface area (Å²) in [5, 5.41) is 0. The Labute approximate surface area is 429 Å². The number of nitrogens with zero attached hydrogens (tertiary/aromatic N) is 6. The summed E-state index contributed by atoms with van der Waals surface area (Å²) in [5.74, 6) is 1.61. The molecule has 6 bridgehead atoms. The van der Waals surface area contributed by atoms with Gasteiger partial charge in [0.2, 0.25) is 0 Å². The largest absolute Gasteiger partial charge is 0.444 e. The average Bonchev–Trinajstić information content (AvgIpc) is 3.43. The first-order valence-corrected chi connectivity index (χ1v) is 27.3. The third kappa shape index (κ3) is 14.9. The molecule has 4 aromatic carbocycles. The Morgan fingerprint density at radius 2 is 0.819 bits per heavy atom. The number of amides is 3. The van der Waals surface area contributed by atoms with Crippen LogP contribution in [0.4, 0.5) is 31.4 Å². The van der Waals surface area contributed by atoms with Crippen LogP contribution in [0.1, 0.15) is 83.1 Å². The van der Waals surface area contributed by atoms with Gasteiger partial charge in [-0.25, -0.2) is 14.4 Å². The molecular formula is C60H80N6O6. The lowest BCUT2D eigenvalue weighted by atomic mass is 9.86. The molecule has 9 heterocycles. The van der Waals surface area contributed by atoms with Gasteiger partial charge in [0.15, 0.2) is 0 Å². The number of unbranched alkanes of at least 4 members (excludes halogenated alkanes) is 3. The average molecular weight is 981 g/mol. The molecule has 0 saturated carbocycles. The molecule has 72 heavy (non-hydrogen) atoms. The van der Waals surface area contributed by atoms with E-state index in [1.54, 1.807) is 9.80 Å².